The van der Waals surface area contributed by atoms with Crippen molar-refractivity contribution in [2.45, 2.75) is 24.9 Å². The summed E-state index contributed by atoms with van der Waals surface area (Å²) in [7, 11) is 0. The van der Waals surface area contributed by atoms with Crippen molar-refractivity contribution in [3.63, 3.8) is 0 Å². The molecule has 0 spiro atoms. The first-order chi connectivity index (χ1) is 11.3. The van der Waals surface area contributed by atoms with E-state index in [-0.39, 0.29) is 12.3 Å². The summed E-state index contributed by atoms with van der Waals surface area (Å²) in [6.45, 7) is 0.648. The van der Waals surface area contributed by atoms with Crippen molar-refractivity contribution in [2.24, 2.45) is 0 Å². The quantitative estimate of drug-likeness (QED) is 0.765. The number of aliphatic hydroxyl groups excluding tert-OH is 1. The maximum absolute atomic E-state index is 10.7. The average molecular weight is 306 g/mol. The fourth-order valence-corrected chi connectivity index (χ4v) is 3.99. The van der Waals surface area contributed by atoms with E-state index in [1.54, 1.807) is 0 Å². The van der Waals surface area contributed by atoms with Gasteiger partial charge in [-0.25, -0.2) is 4.90 Å². The Kier molecular flexibility index (Phi) is 2.85. The molecule has 2 N–H and O–H groups in total. The van der Waals surface area contributed by atoms with Gasteiger partial charge in [0.05, 0.1) is 6.61 Å². The van der Waals surface area contributed by atoms with Crippen LogP contribution in [-0.2, 0) is 11.2 Å². The Morgan fingerprint density at radius 3 is 2.78 bits per heavy atom. The van der Waals surface area contributed by atoms with Crippen LogP contribution in [0.5, 0.6) is 0 Å². The molecule has 3 aromatic rings. The van der Waals surface area contributed by atoms with Crippen LogP contribution in [0.1, 0.15) is 29.1 Å². The van der Waals surface area contributed by atoms with Gasteiger partial charge >= 0.3 is 0 Å². The van der Waals surface area contributed by atoms with Crippen molar-refractivity contribution in [2.75, 3.05) is 6.61 Å². The fraction of sp³-hybridized carbons (Fsp3) is 0.263. The number of ether oxygens (including phenoxy) is 1. The molecule has 1 unspecified atom stereocenters. The third kappa shape index (κ3) is 1.89. The second kappa shape index (κ2) is 4.93. The van der Waals surface area contributed by atoms with E-state index in [4.69, 9.17) is 4.74 Å². The first-order valence-electron chi connectivity index (χ1n) is 8.04. The zero-order valence-electron chi connectivity index (χ0n) is 12.6. The van der Waals surface area contributed by atoms with Gasteiger partial charge in [0, 0.05) is 34.3 Å². The highest BCUT2D eigenvalue weighted by Crippen LogP contribution is 2.46. The molecule has 4 heteroatoms. The topological polar surface area (TPSA) is 48.5 Å². The number of fused-ring (bicyclic) bond motifs is 4. The maximum atomic E-state index is 10.7. The predicted molar refractivity (Wildman–Crippen MR) is 87.7 cm³/mol. The molecule has 0 saturated carbocycles. The van der Waals surface area contributed by atoms with Crippen molar-refractivity contribution < 1.29 is 9.84 Å². The number of aromatic amines is 1. The molecule has 116 valence electrons. The van der Waals surface area contributed by atoms with Crippen LogP contribution in [0.25, 0.3) is 10.9 Å². The second-order valence-corrected chi connectivity index (χ2v) is 6.35. The Labute approximate surface area is 134 Å². The number of aromatic nitrogens is 1. The van der Waals surface area contributed by atoms with Gasteiger partial charge in [-0.3, -0.25) is 0 Å². The highest BCUT2D eigenvalue weighted by molar-refractivity contribution is 5.83. The fourth-order valence-electron chi connectivity index (χ4n) is 3.99. The van der Waals surface area contributed by atoms with E-state index in [1.165, 1.54) is 10.9 Å². The van der Waals surface area contributed by atoms with E-state index in [0.717, 1.165) is 23.1 Å². The van der Waals surface area contributed by atoms with E-state index in [9.17, 15) is 5.11 Å². The second-order valence-electron chi connectivity index (χ2n) is 6.35. The Hall–Kier alpha value is -2.14. The van der Waals surface area contributed by atoms with Crippen LogP contribution in [0, 0.1) is 0 Å². The zero-order valence-corrected chi connectivity index (χ0v) is 12.6. The summed E-state index contributed by atoms with van der Waals surface area (Å²) in [5.74, 6) is 0. The van der Waals surface area contributed by atoms with Crippen LogP contribution in [0.3, 0.4) is 0 Å². The summed E-state index contributed by atoms with van der Waals surface area (Å²) < 4.78 is 6.00. The first kappa shape index (κ1) is 13.3. The third-order valence-corrected chi connectivity index (χ3v) is 5.09. The molecule has 1 aromatic heterocycles. The Balaban J connectivity index is 1.47. The molecule has 2 aliphatic rings. The lowest BCUT2D eigenvalue weighted by atomic mass is 10.0. The molecule has 2 aliphatic heterocycles. The Morgan fingerprint density at radius 1 is 1.09 bits per heavy atom. The number of benzene rings is 2. The summed E-state index contributed by atoms with van der Waals surface area (Å²) in [5.41, 5.74) is 4.50. The van der Waals surface area contributed by atoms with Gasteiger partial charge < -0.3 is 14.8 Å². The number of nitrogens with zero attached hydrogens (tertiary/aromatic N) is 1. The van der Waals surface area contributed by atoms with Crippen LogP contribution in [0.2, 0.25) is 0 Å². The molecule has 3 heterocycles. The molecule has 0 amide bonds. The molecule has 0 aliphatic carbocycles. The van der Waals surface area contributed by atoms with E-state index in [1.807, 2.05) is 24.3 Å². The van der Waals surface area contributed by atoms with E-state index in [0.29, 0.717) is 6.61 Å². The largest absolute Gasteiger partial charge is 0.374 e. The summed E-state index contributed by atoms with van der Waals surface area (Å²) >= 11 is 0. The minimum absolute atomic E-state index is 0.114. The van der Waals surface area contributed by atoms with Gasteiger partial charge in [-0.05, 0) is 18.1 Å². The highest BCUT2D eigenvalue weighted by Gasteiger charge is 2.46. The minimum atomic E-state index is -0.575. The lowest BCUT2D eigenvalue weighted by molar-refractivity contribution is -0.0559. The van der Waals surface area contributed by atoms with Crippen molar-refractivity contribution in [3.05, 3.63) is 71.4 Å². The highest BCUT2D eigenvalue weighted by atomic mass is 16.5. The van der Waals surface area contributed by atoms with E-state index >= 15 is 0 Å². The van der Waals surface area contributed by atoms with Crippen LogP contribution in [0.15, 0.2) is 54.7 Å². The third-order valence-electron chi connectivity index (χ3n) is 5.09. The van der Waals surface area contributed by atoms with Gasteiger partial charge in [0.15, 0.2) is 0 Å². The molecule has 0 radical (unpaired) electrons. The number of hydrogen-bond acceptors (Lipinski definition) is 3. The molecule has 4 nitrogen and oxygen atoms in total. The van der Waals surface area contributed by atoms with Gasteiger partial charge in [-0.2, -0.15) is 0 Å². The summed E-state index contributed by atoms with van der Waals surface area (Å²) in [4.78, 5) is 5.43. The van der Waals surface area contributed by atoms with Crippen LogP contribution >= 0.6 is 0 Å². The van der Waals surface area contributed by atoms with Crippen molar-refractivity contribution in [1.29, 1.82) is 0 Å². The lowest BCUT2D eigenvalue weighted by Gasteiger charge is -2.25. The molecule has 0 bridgehead atoms. The molecule has 2 aromatic carbocycles. The molecular formula is C19H18N2O2. The zero-order chi connectivity index (χ0) is 15.4. The van der Waals surface area contributed by atoms with Crippen molar-refractivity contribution in [1.82, 2.24) is 9.88 Å². The van der Waals surface area contributed by atoms with Crippen molar-refractivity contribution >= 4 is 10.9 Å². The minimum Gasteiger partial charge on any atom is -0.374 e. The molecule has 5 rings (SSSR count). The van der Waals surface area contributed by atoms with Gasteiger partial charge in [0.2, 0.25) is 0 Å². The monoisotopic (exact) mass is 306 g/mol. The predicted octanol–water partition coefficient (Wildman–Crippen LogP) is 3.11. The Morgan fingerprint density at radius 2 is 1.87 bits per heavy atom. The first-order valence-corrected chi connectivity index (χ1v) is 8.04. The van der Waals surface area contributed by atoms with E-state index < -0.39 is 6.23 Å². The standard InChI is InChI=1S/C19H18N2O2/c22-18-15-6-1-2-7-16(15)19-21(18)13(11-23-19)9-12-10-20-17-8-4-3-5-14(12)17/h1-8,10,13,18-20,22H,9,11H2/t13-,18?,19+/m1/s1. The van der Waals surface area contributed by atoms with Gasteiger partial charge in [0.25, 0.3) is 0 Å². The van der Waals surface area contributed by atoms with Crippen LogP contribution in [-0.4, -0.2) is 27.6 Å². The Bertz CT molecular complexity index is 872. The average Bonchev–Trinajstić information content (AvgIpc) is 3.26. The van der Waals surface area contributed by atoms with Gasteiger partial charge in [-0.15, -0.1) is 0 Å². The van der Waals surface area contributed by atoms with Crippen LogP contribution < -0.4 is 0 Å². The normalized spacial score (nSPS) is 26.6. The summed E-state index contributed by atoms with van der Waals surface area (Å²) in [5, 5.41) is 12.0. The van der Waals surface area contributed by atoms with Crippen molar-refractivity contribution in [3.8, 4) is 0 Å². The number of aliphatic hydroxyl groups is 1. The summed E-state index contributed by atoms with van der Waals surface area (Å²) in [6, 6.07) is 16.5. The molecular weight excluding hydrogens is 288 g/mol. The molecule has 1 fully saturated rings. The number of hydrogen-bond donors (Lipinski definition) is 2. The summed E-state index contributed by atoms with van der Waals surface area (Å²) in [6.07, 6.45) is 2.25. The smallest absolute Gasteiger partial charge is 0.139 e. The number of nitrogens with one attached hydrogen (secondary N) is 1. The lowest BCUT2D eigenvalue weighted by Crippen LogP contribution is -2.33. The van der Waals surface area contributed by atoms with Crippen LogP contribution in [0.4, 0.5) is 0 Å². The number of rotatable bonds is 2. The molecule has 3 atom stereocenters. The number of H-pyrrole nitrogens is 1. The molecule has 1 saturated heterocycles. The van der Waals surface area contributed by atoms with Gasteiger partial charge in [-0.1, -0.05) is 42.5 Å². The molecule has 23 heavy (non-hydrogen) atoms. The number of para-hydroxylation sites is 1. The SMILES string of the molecule is OC1c2ccccc2[C@@H]2OC[C@@H](Cc3c[nH]c4ccccc34)N12. The maximum Gasteiger partial charge on any atom is 0.139 e. The van der Waals surface area contributed by atoms with E-state index in [2.05, 4.69) is 40.3 Å². The van der Waals surface area contributed by atoms with Gasteiger partial charge in [0.1, 0.15) is 12.5 Å².